The van der Waals surface area contributed by atoms with Crippen LogP contribution in [0.1, 0.15) is 100 Å². The molecule has 1 aliphatic rings. The van der Waals surface area contributed by atoms with E-state index in [9.17, 15) is 24.3 Å². The Morgan fingerprint density at radius 2 is 1.67 bits per heavy atom. The number of aromatic nitrogens is 1. The van der Waals surface area contributed by atoms with Gasteiger partial charge in [-0.2, -0.15) is 0 Å². The van der Waals surface area contributed by atoms with Gasteiger partial charge in [0.05, 0.1) is 33.8 Å². The number of aromatic carboxylic acids is 1. The van der Waals surface area contributed by atoms with Gasteiger partial charge in [-0.1, -0.05) is 77.4 Å². The largest absolute Gasteiger partial charge is 0.478 e. The topological polar surface area (TPSA) is 158 Å². The molecule has 278 valence electrons. The van der Waals surface area contributed by atoms with Crippen molar-refractivity contribution < 1.29 is 34.1 Å². The van der Waals surface area contributed by atoms with E-state index in [2.05, 4.69) is 15.6 Å². The van der Waals surface area contributed by atoms with Crippen LogP contribution in [0.3, 0.4) is 0 Å². The van der Waals surface area contributed by atoms with Crippen LogP contribution in [0.5, 0.6) is 0 Å². The van der Waals surface area contributed by atoms with Crippen LogP contribution in [-0.4, -0.2) is 81.7 Å². The predicted octanol–water partition coefficient (Wildman–Crippen LogP) is 5.94. The quantitative estimate of drug-likeness (QED) is 0.132. The van der Waals surface area contributed by atoms with Crippen molar-refractivity contribution in [3.05, 3.63) is 76.4 Å². The number of benzene rings is 2. The number of hydrogen-bond acceptors (Lipinski definition) is 8. The molecule has 4 rings (SSSR count). The second kappa shape index (κ2) is 18.9. The number of carbonyl (C=O) groups is 4. The van der Waals surface area contributed by atoms with E-state index < -0.39 is 41.4 Å². The number of aliphatic hydroxyl groups is 1. The van der Waals surface area contributed by atoms with Crippen molar-refractivity contribution in [2.45, 2.75) is 105 Å². The first-order chi connectivity index (χ1) is 23.7. The molecule has 1 aliphatic heterocycles. The number of nitrogens with zero attached hydrogens (tertiary/aromatic N) is 2. The number of hydrogen-bond donors (Lipinski definition) is 4. The SMILES string of the molecule is C.Cc1ncsc1-c1ccc([C@H](C)NC(=O)[C@@H]2C[C@@H](O)CN2C(=O)[C@@H](NC(=O)COCCCCCCc2ccc(C(=O)O)cc2)C(C)(C)C)cc1. The number of likely N-dealkylation sites (tertiary alicyclic amines) is 1. The van der Waals surface area contributed by atoms with E-state index in [1.54, 1.807) is 23.5 Å². The van der Waals surface area contributed by atoms with Crippen LogP contribution < -0.4 is 10.6 Å². The molecule has 1 fully saturated rings. The minimum atomic E-state index is -0.933. The number of carboxylic acid groups (broad SMARTS) is 1. The fourth-order valence-electron chi connectivity index (χ4n) is 6.08. The van der Waals surface area contributed by atoms with E-state index in [0.717, 1.165) is 59.4 Å². The Kier molecular flexibility index (Phi) is 15.3. The molecule has 0 spiro atoms. The van der Waals surface area contributed by atoms with Crippen molar-refractivity contribution in [1.29, 1.82) is 0 Å². The first-order valence-corrected chi connectivity index (χ1v) is 18.1. The van der Waals surface area contributed by atoms with Crippen molar-refractivity contribution in [3.8, 4) is 10.4 Å². The molecule has 1 aromatic heterocycles. The summed E-state index contributed by atoms with van der Waals surface area (Å²) in [4.78, 5) is 58.1. The van der Waals surface area contributed by atoms with Gasteiger partial charge in [-0.3, -0.25) is 14.4 Å². The smallest absolute Gasteiger partial charge is 0.335 e. The molecule has 0 saturated carbocycles. The number of carboxylic acids is 1. The molecule has 0 bridgehead atoms. The number of nitrogens with one attached hydrogen (secondary N) is 2. The Hall–Kier alpha value is -4.13. The fraction of sp³-hybridized carbons (Fsp3) is 0.513. The van der Waals surface area contributed by atoms with Crippen molar-refractivity contribution in [3.63, 3.8) is 0 Å². The number of unbranched alkanes of at least 4 members (excludes halogenated alkanes) is 3. The number of thiazole rings is 1. The molecule has 0 radical (unpaired) electrons. The van der Waals surface area contributed by atoms with Crippen LogP contribution >= 0.6 is 11.3 Å². The Labute approximate surface area is 305 Å². The molecule has 51 heavy (non-hydrogen) atoms. The zero-order valence-electron chi connectivity index (χ0n) is 29.6. The van der Waals surface area contributed by atoms with E-state index in [1.165, 1.54) is 4.90 Å². The molecule has 3 amide bonds. The number of amides is 3. The summed E-state index contributed by atoms with van der Waals surface area (Å²) in [7, 11) is 0. The monoisotopic (exact) mass is 722 g/mol. The minimum absolute atomic E-state index is 0. The number of β-amino-alcohol motifs (C(OH)–C–C–N with tert-alkyl or cyclic N) is 1. The second-order valence-corrected chi connectivity index (χ2v) is 15.0. The average molecular weight is 723 g/mol. The maximum atomic E-state index is 13.9. The number of rotatable bonds is 16. The summed E-state index contributed by atoms with van der Waals surface area (Å²) in [6.07, 6.45) is 3.77. The molecular formula is C39H54N4O7S. The average Bonchev–Trinajstić information content (AvgIpc) is 3.69. The van der Waals surface area contributed by atoms with Gasteiger partial charge in [0, 0.05) is 19.6 Å². The van der Waals surface area contributed by atoms with E-state index in [-0.39, 0.29) is 44.5 Å². The van der Waals surface area contributed by atoms with Gasteiger partial charge < -0.3 is 30.5 Å². The standard InChI is InChI=1S/C38H50N4O7S.CH4/c1-24(27-15-17-28(18-16-27)33-25(2)39-23-50-33)40-35(45)31-20-30(43)21-42(31)36(46)34(38(3,4)5)41-32(44)22-49-19-9-7-6-8-10-26-11-13-29(14-12-26)37(47)48;/h11-18,23-24,30-31,34,43H,6-10,19-22H2,1-5H3,(H,40,45)(H,41,44)(H,47,48);1H4/t24-,30+,31-,34+;/m0./s1. The van der Waals surface area contributed by atoms with Crippen LogP contribution in [0.2, 0.25) is 0 Å². The van der Waals surface area contributed by atoms with Gasteiger partial charge in [0.2, 0.25) is 17.7 Å². The van der Waals surface area contributed by atoms with Crippen molar-refractivity contribution in [2.75, 3.05) is 19.8 Å². The highest BCUT2D eigenvalue weighted by Crippen LogP contribution is 2.29. The maximum absolute atomic E-state index is 13.9. The molecule has 12 heteroatoms. The van der Waals surface area contributed by atoms with Crippen LogP contribution in [0.25, 0.3) is 10.4 Å². The molecule has 4 atom stereocenters. The molecule has 4 N–H and O–H groups in total. The predicted molar refractivity (Wildman–Crippen MR) is 199 cm³/mol. The lowest BCUT2D eigenvalue weighted by atomic mass is 9.85. The highest BCUT2D eigenvalue weighted by atomic mass is 32.1. The number of aliphatic hydroxyl groups excluding tert-OH is 1. The molecule has 2 heterocycles. The zero-order valence-corrected chi connectivity index (χ0v) is 30.4. The third kappa shape index (κ3) is 11.7. The molecule has 0 unspecified atom stereocenters. The molecule has 2 aromatic carbocycles. The Bertz CT molecular complexity index is 1600. The third-order valence-electron chi connectivity index (χ3n) is 9.00. The first kappa shape index (κ1) is 41.3. The van der Waals surface area contributed by atoms with Crippen molar-refractivity contribution in [1.82, 2.24) is 20.5 Å². The molecule has 3 aromatic rings. The highest BCUT2D eigenvalue weighted by molar-refractivity contribution is 7.13. The minimum Gasteiger partial charge on any atom is -0.478 e. The van der Waals surface area contributed by atoms with E-state index in [1.807, 2.05) is 76.5 Å². The van der Waals surface area contributed by atoms with Gasteiger partial charge in [0.1, 0.15) is 18.7 Å². The summed E-state index contributed by atoms with van der Waals surface area (Å²) >= 11 is 1.58. The number of ether oxygens (including phenoxy) is 1. The summed E-state index contributed by atoms with van der Waals surface area (Å²) in [6, 6.07) is 12.7. The van der Waals surface area contributed by atoms with E-state index in [4.69, 9.17) is 9.84 Å². The summed E-state index contributed by atoms with van der Waals surface area (Å²) < 4.78 is 5.61. The van der Waals surface area contributed by atoms with Crippen LogP contribution in [0.15, 0.2) is 54.0 Å². The van der Waals surface area contributed by atoms with Gasteiger partial charge in [0.25, 0.3) is 0 Å². The molecule has 11 nitrogen and oxygen atoms in total. The molecule has 1 saturated heterocycles. The third-order valence-corrected chi connectivity index (χ3v) is 9.98. The number of aryl methyl sites for hydroxylation is 2. The Balaban J connectivity index is 0.00000702. The Morgan fingerprint density at radius 3 is 2.27 bits per heavy atom. The van der Waals surface area contributed by atoms with Gasteiger partial charge in [0.15, 0.2) is 0 Å². The van der Waals surface area contributed by atoms with Crippen LogP contribution in [0.4, 0.5) is 0 Å². The lowest BCUT2D eigenvalue weighted by molar-refractivity contribution is -0.144. The van der Waals surface area contributed by atoms with Crippen molar-refractivity contribution >= 4 is 35.0 Å². The van der Waals surface area contributed by atoms with E-state index >= 15 is 0 Å². The fourth-order valence-corrected chi connectivity index (χ4v) is 6.90. The summed E-state index contributed by atoms with van der Waals surface area (Å²) in [5.74, 6) is -2.13. The van der Waals surface area contributed by atoms with Gasteiger partial charge in [-0.05, 0) is 67.3 Å². The van der Waals surface area contributed by atoms with Crippen LogP contribution in [-0.2, 0) is 25.5 Å². The Morgan fingerprint density at radius 1 is 1.00 bits per heavy atom. The molecule has 0 aliphatic carbocycles. The summed E-state index contributed by atoms with van der Waals surface area (Å²) in [5, 5.41) is 25.4. The number of carbonyl (C=O) groups excluding carboxylic acids is 3. The normalized spacial score (nSPS) is 16.9. The first-order valence-electron chi connectivity index (χ1n) is 17.2. The second-order valence-electron chi connectivity index (χ2n) is 14.1. The maximum Gasteiger partial charge on any atom is 0.335 e. The van der Waals surface area contributed by atoms with Crippen molar-refractivity contribution in [2.24, 2.45) is 5.41 Å². The molecular weight excluding hydrogens is 669 g/mol. The lowest BCUT2D eigenvalue weighted by Gasteiger charge is -2.35. The summed E-state index contributed by atoms with van der Waals surface area (Å²) in [5.41, 5.74) is 5.46. The lowest BCUT2D eigenvalue weighted by Crippen LogP contribution is -2.58. The van der Waals surface area contributed by atoms with E-state index in [0.29, 0.717) is 6.61 Å². The van der Waals surface area contributed by atoms with Gasteiger partial charge in [-0.25, -0.2) is 9.78 Å². The van der Waals surface area contributed by atoms with Gasteiger partial charge >= 0.3 is 5.97 Å². The zero-order chi connectivity index (χ0) is 36.4. The van der Waals surface area contributed by atoms with Gasteiger partial charge in [-0.15, -0.1) is 11.3 Å². The highest BCUT2D eigenvalue weighted by Gasteiger charge is 2.44. The summed E-state index contributed by atoms with van der Waals surface area (Å²) in [6.45, 7) is 9.60. The van der Waals surface area contributed by atoms with Crippen LogP contribution in [0, 0.1) is 12.3 Å².